The first-order valence-corrected chi connectivity index (χ1v) is 7.62. The van der Waals surface area contributed by atoms with Crippen molar-refractivity contribution in [2.75, 3.05) is 6.61 Å². The summed E-state index contributed by atoms with van der Waals surface area (Å²) < 4.78 is 42.7. The summed E-state index contributed by atoms with van der Waals surface area (Å²) in [7, 11) is 0. The number of rotatable bonds is 4. The normalized spacial score (nSPS) is 11.0. The van der Waals surface area contributed by atoms with Crippen molar-refractivity contribution in [2.24, 2.45) is 0 Å². The molecule has 0 atom stereocenters. The highest BCUT2D eigenvalue weighted by molar-refractivity contribution is 6.41. The van der Waals surface area contributed by atoms with E-state index in [9.17, 15) is 22.8 Å². The Bertz CT molecular complexity index is 831. The summed E-state index contributed by atoms with van der Waals surface area (Å²) in [5.74, 6) is -1.65. The summed E-state index contributed by atoms with van der Waals surface area (Å²) in [6.07, 6.45) is -3.38. The number of benzene rings is 1. The average molecular weight is 408 g/mol. The van der Waals surface area contributed by atoms with Gasteiger partial charge in [0.15, 0.2) is 6.61 Å². The van der Waals surface area contributed by atoms with E-state index in [0.717, 1.165) is 24.4 Å². The maximum Gasteiger partial charge on any atom is 0.416 e. The topological polar surface area (TPSA) is 80.3 Å². The minimum absolute atomic E-state index is 0.0155. The second kappa shape index (κ2) is 8.24. The van der Waals surface area contributed by atoms with Gasteiger partial charge in [-0.2, -0.15) is 13.2 Å². The number of pyridine rings is 1. The van der Waals surface area contributed by atoms with Gasteiger partial charge in [0.05, 0.1) is 16.1 Å². The van der Waals surface area contributed by atoms with E-state index >= 15 is 0 Å². The first-order valence-electron chi connectivity index (χ1n) is 6.87. The fraction of sp³-hybridized carbons (Fsp3) is 0.133. The predicted molar refractivity (Wildman–Crippen MR) is 86.8 cm³/mol. The maximum absolute atomic E-state index is 12.6. The molecule has 0 aliphatic heterocycles. The van der Waals surface area contributed by atoms with Gasteiger partial charge in [-0.05, 0) is 24.3 Å². The third-order valence-corrected chi connectivity index (χ3v) is 3.59. The number of hydrogen-bond acceptors (Lipinski definition) is 4. The van der Waals surface area contributed by atoms with Crippen molar-refractivity contribution < 1.29 is 27.5 Å². The lowest BCUT2D eigenvalue weighted by Crippen LogP contribution is -2.43. The van der Waals surface area contributed by atoms with E-state index in [-0.39, 0.29) is 21.5 Å². The summed E-state index contributed by atoms with van der Waals surface area (Å²) in [5, 5.41) is 0.0697. The lowest BCUT2D eigenvalue weighted by atomic mass is 10.2. The van der Waals surface area contributed by atoms with Crippen molar-refractivity contribution in [3.8, 4) is 5.75 Å². The molecular formula is C15H10Cl2F3N3O3. The number of hydrogen-bond donors (Lipinski definition) is 2. The zero-order valence-corrected chi connectivity index (χ0v) is 14.2. The summed E-state index contributed by atoms with van der Waals surface area (Å²) >= 11 is 11.3. The second-order valence-electron chi connectivity index (χ2n) is 4.81. The highest BCUT2D eigenvalue weighted by atomic mass is 35.5. The zero-order chi connectivity index (χ0) is 19.3. The van der Waals surface area contributed by atoms with Gasteiger partial charge in [0.2, 0.25) is 0 Å². The van der Waals surface area contributed by atoms with Crippen LogP contribution in [0.5, 0.6) is 5.75 Å². The van der Waals surface area contributed by atoms with Crippen LogP contribution in [0.2, 0.25) is 10.2 Å². The third-order valence-electron chi connectivity index (χ3n) is 2.91. The van der Waals surface area contributed by atoms with E-state index < -0.39 is 30.2 Å². The standard InChI is InChI=1S/C15H10Cl2F3N3O3/c16-11-4-8(6-21-13(11)17)14(25)23-22-12(24)7-26-10-3-1-2-9(5-10)15(18,19)20/h1-6H,7H2,(H,22,24)(H,23,25). The SMILES string of the molecule is O=C(COc1cccc(C(F)(F)F)c1)NNC(=O)c1cnc(Cl)c(Cl)c1. The van der Waals surface area contributed by atoms with Crippen LogP contribution in [0.4, 0.5) is 13.2 Å². The molecule has 1 aromatic heterocycles. The number of carbonyl (C=O) groups excluding carboxylic acids is 2. The number of hydrazine groups is 1. The van der Waals surface area contributed by atoms with Gasteiger partial charge in [0, 0.05) is 6.20 Å². The molecular weight excluding hydrogens is 398 g/mol. The minimum Gasteiger partial charge on any atom is -0.484 e. The van der Waals surface area contributed by atoms with Crippen LogP contribution in [0.1, 0.15) is 15.9 Å². The van der Waals surface area contributed by atoms with E-state index in [1.54, 1.807) is 0 Å². The molecule has 0 unspecified atom stereocenters. The Kier molecular flexibility index (Phi) is 6.27. The smallest absolute Gasteiger partial charge is 0.416 e. The molecule has 26 heavy (non-hydrogen) atoms. The molecule has 1 aromatic carbocycles. The lowest BCUT2D eigenvalue weighted by Gasteiger charge is -2.11. The number of nitrogens with zero attached hydrogens (tertiary/aromatic N) is 1. The molecule has 0 radical (unpaired) electrons. The number of nitrogens with one attached hydrogen (secondary N) is 2. The number of alkyl halides is 3. The molecule has 0 aliphatic rings. The van der Waals surface area contributed by atoms with Crippen molar-refractivity contribution in [1.29, 1.82) is 0 Å². The molecule has 0 saturated heterocycles. The Hall–Kier alpha value is -2.52. The molecule has 0 spiro atoms. The van der Waals surface area contributed by atoms with Crippen molar-refractivity contribution in [1.82, 2.24) is 15.8 Å². The molecule has 0 saturated carbocycles. The molecule has 6 nitrogen and oxygen atoms in total. The van der Waals surface area contributed by atoms with Gasteiger partial charge >= 0.3 is 6.18 Å². The van der Waals surface area contributed by atoms with Crippen LogP contribution in [-0.4, -0.2) is 23.4 Å². The van der Waals surface area contributed by atoms with Crippen molar-refractivity contribution in [2.45, 2.75) is 6.18 Å². The van der Waals surface area contributed by atoms with Crippen LogP contribution < -0.4 is 15.6 Å². The van der Waals surface area contributed by atoms with Gasteiger partial charge in [-0.15, -0.1) is 0 Å². The van der Waals surface area contributed by atoms with E-state index in [2.05, 4.69) is 10.4 Å². The van der Waals surface area contributed by atoms with Crippen LogP contribution in [-0.2, 0) is 11.0 Å². The van der Waals surface area contributed by atoms with Crippen molar-refractivity contribution in [3.05, 3.63) is 57.8 Å². The van der Waals surface area contributed by atoms with Gasteiger partial charge in [-0.25, -0.2) is 4.98 Å². The minimum atomic E-state index is -4.52. The third kappa shape index (κ3) is 5.50. The lowest BCUT2D eigenvalue weighted by molar-refractivity contribution is -0.137. The Labute approximate surface area is 155 Å². The van der Waals surface area contributed by atoms with Crippen LogP contribution in [0.3, 0.4) is 0 Å². The molecule has 1 heterocycles. The van der Waals surface area contributed by atoms with E-state index in [4.69, 9.17) is 27.9 Å². The van der Waals surface area contributed by atoms with Gasteiger partial charge in [0.25, 0.3) is 11.8 Å². The second-order valence-corrected chi connectivity index (χ2v) is 5.58. The van der Waals surface area contributed by atoms with Gasteiger partial charge in [-0.3, -0.25) is 20.4 Å². The first kappa shape index (κ1) is 19.8. The molecule has 2 N–H and O–H groups in total. The van der Waals surface area contributed by atoms with Crippen LogP contribution in [0.15, 0.2) is 36.5 Å². The van der Waals surface area contributed by atoms with Crippen molar-refractivity contribution in [3.63, 3.8) is 0 Å². The molecule has 0 aliphatic carbocycles. The summed E-state index contributed by atoms with van der Waals surface area (Å²) in [6, 6.07) is 5.29. The maximum atomic E-state index is 12.6. The number of halogens is 5. The van der Waals surface area contributed by atoms with Crippen LogP contribution in [0, 0.1) is 0 Å². The molecule has 2 aromatic rings. The summed E-state index contributed by atoms with van der Waals surface area (Å²) in [5.41, 5.74) is 3.25. The van der Waals surface area contributed by atoms with Crippen LogP contribution >= 0.6 is 23.2 Å². The van der Waals surface area contributed by atoms with E-state index in [1.807, 2.05) is 5.43 Å². The fourth-order valence-corrected chi connectivity index (χ4v) is 1.96. The Morgan fingerprint density at radius 1 is 1.15 bits per heavy atom. The molecule has 0 fully saturated rings. The van der Waals surface area contributed by atoms with Gasteiger partial charge in [-0.1, -0.05) is 29.3 Å². The average Bonchev–Trinajstić information content (AvgIpc) is 2.59. The highest BCUT2D eigenvalue weighted by Gasteiger charge is 2.30. The number of aromatic nitrogens is 1. The molecule has 2 rings (SSSR count). The van der Waals surface area contributed by atoms with E-state index in [0.29, 0.717) is 0 Å². The Balaban J connectivity index is 1.85. The van der Waals surface area contributed by atoms with Crippen LogP contribution in [0.25, 0.3) is 0 Å². The molecule has 138 valence electrons. The first-order chi connectivity index (χ1) is 12.2. The highest BCUT2D eigenvalue weighted by Crippen LogP contribution is 2.31. The number of carbonyl (C=O) groups is 2. The summed E-state index contributed by atoms with van der Waals surface area (Å²) in [4.78, 5) is 27.1. The monoisotopic (exact) mass is 407 g/mol. The Morgan fingerprint density at radius 2 is 1.88 bits per heavy atom. The summed E-state index contributed by atoms with van der Waals surface area (Å²) in [6.45, 7) is -0.610. The zero-order valence-electron chi connectivity index (χ0n) is 12.7. The number of ether oxygens (including phenoxy) is 1. The quantitative estimate of drug-likeness (QED) is 0.602. The number of amides is 2. The predicted octanol–water partition coefficient (Wildman–Crippen LogP) is 3.25. The van der Waals surface area contributed by atoms with E-state index in [1.165, 1.54) is 12.1 Å². The molecule has 2 amide bonds. The fourth-order valence-electron chi connectivity index (χ4n) is 1.69. The van der Waals surface area contributed by atoms with Gasteiger partial charge in [0.1, 0.15) is 10.9 Å². The van der Waals surface area contributed by atoms with Gasteiger partial charge < -0.3 is 4.74 Å². The Morgan fingerprint density at radius 3 is 2.54 bits per heavy atom. The molecule has 0 bridgehead atoms. The van der Waals surface area contributed by atoms with Crippen molar-refractivity contribution >= 4 is 35.0 Å². The molecule has 11 heteroatoms. The largest absolute Gasteiger partial charge is 0.484 e.